The first-order chi connectivity index (χ1) is 13.0. The van der Waals surface area contributed by atoms with Crippen LogP contribution < -0.4 is 4.74 Å². The molecule has 1 saturated heterocycles. The van der Waals surface area contributed by atoms with Gasteiger partial charge in [-0.15, -0.1) is 0 Å². The zero-order chi connectivity index (χ0) is 19.2. The lowest BCUT2D eigenvalue weighted by atomic mass is 10.2. The lowest BCUT2D eigenvalue weighted by molar-refractivity contribution is -0.135. The van der Waals surface area contributed by atoms with Crippen molar-refractivity contribution >= 4 is 29.1 Å². The Hall–Kier alpha value is -1.75. The first-order valence-electron chi connectivity index (χ1n) is 9.04. The van der Waals surface area contributed by atoms with E-state index in [0.717, 1.165) is 30.6 Å². The van der Waals surface area contributed by atoms with Crippen molar-refractivity contribution in [3.63, 3.8) is 0 Å². The van der Waals surface area contributed by atoms with Crippen molar-refractivity contribution in [2.75, 3.05) is 19.8 Å². The monoisotopic (exact) mass is 407 g/mol. The molecule has 2 aromatic rings. The summed E-state index contributed by atoms with van der Waals surface area (Å²) < 4.78 is 11.5. The summed E-state index contributed by atoms with van der Waals surface area (Å²) in [5.74, 6) is 0.589. The largest absolute Gasteiger partial charge is 0.483 e. The van der Waals surface area contributed by atoms with E-state index in [9.17, 15) is 4.79 Å². The number of rotatable bonds is 7. The topological polar surface area (TPSA) is 38.8 Å². The summed E-state index contributed by atoms with van der Waals surface area (Å²) in [5.41, 5.74) is 1.92. The minimum Gasteiger partial charge on any atom is -0.483 e. The first kappa shape index (κ1) is 20.0. The van der Waals surface area contributed by atoms with Crippen LogP contribution in [0.5, 0.6) is 5.75 Å². The highest BCUT2D eigenvalue weighted by molar-refractivity contribution is 6.30. The molecule has 0 aliphatic carbocycles. The van der Waals surface area contributed by atoms with E-state index in [0.29, 0.717) is 28.9 Å². The van der Waals surface area contributed by atoms with Crippen molar-refractivity contribution in [2.24, 2.45) is 0 Å². The summed E-state index contributed by atoms with van der Waals surface area (Å²) in [5, 5.41) is 1.33. The summed E-state index contributed by atoms with van der Waals surface area (Å²) in [6.45, 7) is 3.70. The molecule has 1 heterocycles. The van der Waals surface area contributed by atoms with Gasteiger partial charge >= 0.3 is 0 Å². The van der Waals surface area contributed by atoms with E-state index in [1.54, 1.807) is 17.0 Å². The predicted octanol–water partition coefficient (Wildman–Crippen LogP) is 4.89. The van der Waals surface area contributed by atoms with Gasteiger partial charge < -0.3 is 14.4 Å². The molecule has 0 bridgehead atoms. The fourth-order valence-electron chi connectivity index (χ4n) is 3.10. The van der Waals surface area contributed by atoms with Crippen molar-refractivity contribution < 1.29 is 14.3 Å². The van der Waals surface area contributed by atoms with Crippen LogP contribution in [0.25, 0.3) is 0 Å². The van der Waals surface area contributed by atoms with E-state index in [-0.39, 0.29) is 18.6 Å². The highest BCUT2D eigenvalue weighted by Gasteiger charge is 2.23. The second-order valence-corrected chi connectivity index (χ2v) is 7.61. The van der Waals surface area contributed by atoms with E-state index < -0.39 is 0 Å². The van der Waals surface area contributed by atoms with E-state index in [1.807, 2.05) is 37.3 Å². The summed E-state index contributed by atoms with van der Waals surface area (Å²) in [6, 6.07) is 12.9. The lowest BCUT2D eigenvalue weighted by Crippen LogP contribution is -2.39. The third kappa shape index (κ3) is 5.86. The van der Waals surface area contributed by atoms with Gasteiger partial charge in [0.25, 0.3) is 5.91 Å². The van der Waals surface area contributed by atoms with Crippen molar-refractivity contribution in [3.8, 4) is 5.75 Å². The number of carbonyl (C=O) groups excluding carboxylic acids is 1. The Morgan fingerprint density at radius 3 is 2.59 bits per heavy atom. The molecule has 0 saturated carbocycles. The summed E-state index contributed by atoms with van der Waals surface area (Å²) >= 11 is 11.9. The van der Waals surface area contributed by atoms with Crippen LogP contribution in [0.4, 0.5) is 0 Å². The maximum absolute atomic E-state index is 12.8. The number of aryl methyl sites for hydroxylation is 1. The van der Waals surface area contributed by atoms with Gasteiger partial charge in [0.05, 0.1) is 6.10 Å². The molecule has 6 heteroatoms. The number of hydrogen-bond donors (Lipinski definition) is 0. The molecule has 0 spiro atoms. The molecular formula is C21H23Cl2NO3. The number of hydrogen-bond acceptors (Lipinski definition) is 3. The molecule has 1 atom stereocenters. The van der Waals surface area contributed by atoms with Crippen molar-refractivity contribution in [1.82, 2.24) is 4.90 Å². The van der Waals surface area contributed by atoms with E-state index in [2.05, 4.69) is 0 Å². The van der Waals surface area contributed by atoms with Gasteiger partial charge in [-0.1, -0.05) is 35.3 Å². The highest BCUT2D eigenvalue weighted by Crippen LogP contribution is 2.22. The Morgan fingerprint density at radius 2 is 1.93 bits per heavy atom. The molecular weight excluding hydrogens is 385 g/mol. The van der Waals surface area contributed by atoms with Crippen LogP contribution >= 0.6 is 23.2 Å². The molecule has 0 N–H and O–H groups in total. The number of benzene rings is 2. The van der Waals surface area contributed by atoms with Gasteiger partial charge in [0.1, 0.15) is 5.75 Å². The molecule has 1 aliphatic heterocycles. The normalized spacial score (nSPS) is 16.3. The standard InChI is InChI=1S/C21H23Cl2NO3/c1-15-11-18(23)8-9-20(15)27-14-21(25)24(13-19-3-2-10-26-19)12-16-4-6-17(22)7-5-16/h4-9,11,19H,2-3,10,12-14H2,1H3/t19-/m0/s1. The van der Waals surface area contributed by atoms with Crippen LogP contribution in [0.1, 0.15) is 24.0 Å². The molecule has 0 aromatic heterocycles. The Balaban J connectivity index is 1.66. The number of carbonyl (C=O) groups is 1. The van der Waals surface area contributed by atoms with Crippen LogP contribution in [0.15, 0.2) is 42.5 Å². The molecule has 1 amide bonds. The third-order valence-electron chi connectivity index (χ3n) is 4.58. The number of ether oxygens (including phenoxy) is 2. The van der Waals surface area contributed by atoms with Crippen LogP contribution in [0.2, 0.25) is 10.0 Å². The quantitative estimate of drug-likeness (QED) is 0.655. The predicted molar refractivity (Wildman–Crippen MR) is 108 cm³/mol. The van der Waals surface area contributed by atoms with Gasteiger partial charge in [0.15, 0.2) is 6.61 Å². The molecule has 1 fully saturated rings. The fourth-order valence-corrected chi connectivity index (χ4v) is 3.46. The smallest absolute Gasteiger partial charge is 0.260 e. The molecule has 0 unspecified atom stereocenters. The highest BCUT2D eigenvalue weighted by atomic mass is 35.5. The van der Waals surface area contributed by atoms with E-state index in [1.165, 1.54) is 0 Å². The number of amides is 1. The summed E-state index contributed by atoms with van der Waals surface area (Å²) in [7, 11) is 0. The van der Waals surface area contributed by atoms with Gasteiger partial charge in [-0.3, -0.25) is 4.79 Å². The Morgan fingerprint density at radius 1 is 1.19 bits per heavy atom. The molecule has 4 nitrogen and oxygen atoms in total. The Kier molecular flexibility index (Phi) is 7.00. The average Bonchev–Trinajstić information content (AvgIpc) is 3.15. The second-order valence-electron chi connectivity index (χ2n) is 6.73. The third-order valence-corrected chi connectivity index (χ3v) is 5.06. The minimum absolute atomic E-state index is 0.0250. The van der Waals surface area contributed by atoms with Gasteiger partial charge in [0, 0.05) is 29.7 Å². The SMILES string of the molecule is Cc1cc(Cl)ccc1OCC(=O)N(Cc1ccc(Cl)cc1)C[C@@H]1CCCO1. The lowest BCUT2D eigenvalue weighted by Gasteiger charge is -2.26. The van der Waals surface area contributed by atoms with Gasteiger partial charge in [-0.25, -0.2) is 0 Å². The van der Waals surface area contributed by atoms with Crippen molar-refractivity contribution in [3.05, 3.63) is 63.6 Å². The maximum Gasteiger partial charge on any atom is 0.260 e. The fraction of sp³-hybridized carbons (Fsp3) is 0.381. The Labute approximate surface area is 170 Å². The maximum atomic E-state index is 12.8. The van der Waals surface area contributed by atoms with Crippen LogP contribution in [0, 0.1) is 6.92 Å². The average molecular weight is 408 g/mol. The first-order valence-corrected chi connectivity index (χ1v) is 9.79. The molecule has 0 radical (unpaired) electrons. The van der Waals surface area contributed by atoms with Gasteiger partial charge in [-0.2, -0.15) is 0 Å². The second kappa shape index (κ2) is 9.45. The van der Waals surface area contributed by atoms with Crippen LogP contribution in [-0.4, -0.2) is 36.7 Å². The molecule has 144 valence electrons. The summed E-state index contributed by atoms with van der Waals surface area (Å²) in [4.78, 5) is 14.6. The summed E-state index contributed by atoms with van der Waals surface area (Å²) in [6.07, 6.45) is 2.09. The molecule has 27 heavy (non-hydrogen) atoms. The zero-order valence-electron chi connectivity index (χ0n) is 15.3. The van der Waals surface area contributed by atoms with Crippen LogP contribution in [0.3, 0.4) is 0 Å². The number of nitrogens with zero attached hydrogens (tertiary/aromatic N) is 1. The zero-order valence-corrected chi connectivity index (χ0v) is 16.8. The Bertz CT molecular complexity index is 773. The van der Waals surface area contributed by atoms with Gasteiger partial charge in [-0.05, 0) is 61.2 Å². The molecule has 2 aromatic carbocycles. The van der Waals surface area contributed by atoms with Crippen molar-refractivity contribution in [2.45, 2.75) is 32.4 Å². The van der Waals surface area contributed by atoms with Gasteiger partial charge in [0.2, 0.25) is 0 Å². The van der Waals surface area contributed by atoms with Crippen molar-refractivity contribution in [1.29, 1.82) is 0 Å². The molecule has 1 aliphatic rings. The van der Waals surface area contributed by atoms with Crippen LogP contribution in [-0.2, 0) is 16.1 Å². The number of halogens is 2. The van der Waals surface area contributed by atoms with E-state index in [4.69, 9.17) is 32.7 Å². The minimum atomic E-state index is -0.0743. The molecule has 3 rings (SSSR count). The van der Waals surface area contributed by atoms with E-state index >= 15 is 0 Å².